The van der Waals surface area contributed by atoms with Gasteiger partial charge in [-0.05, 0) is 25.8 Å². The molecule has 1 rings (SSSR count). The van der Waals surface area contributed by atoms with Gasteiger partial charge >= 0.3 is 0 Å². The number of hydrogen-bond donors (Lipinski definition) is 0. The van der Waals surface area contributed by atoms with Gasteiger partial charge in [0.15, 0.2) is 0 Å². The van der Waals surface area contributed by atoms with E-state index in [1.165, 1.54) is 6.54 Å². The van der Waals surface area contributed by atoms with E-state index in [4.69, 9.17) is 0 Å². The average molecular weight is 127 g/mol. The third-order valence-electron chi connectivity index (χ3n) is 2.93. The minimum Gasteiger partial charge on any atom is -0.303 e. The molecule has 1 aliphatic rings. The molecule has 0 bridgehead atoms. The standard InChI is InChI=1S/C8H17N/c1-6-5-9(4)8(3)7(6)2/h6-8H,5H2,1-4H3. The molecule has 0 aliphatic carbocycles. The van der Waals surface area contributed by atoms with Crippen molar-refractivity contribution in [1.29, 1.82) is 0 Å². The zero-order chi connectivity index (χ0) is 7.02. The zero-order valence-electron chi connectivity index (χ0n) is 6.89. The van der Waals surface area contributed by atoms with Gasteiger partial charge in [-0.3, -0.25) is 0 Å². The van der Waals surface area contributed by atoms with E-state index in [0.717, 1.165) is 17.9 Å². The summed E-state index contributed by atoms with van der Waals surface area (Å²) in [6.07, 6.45) is 0. The predicted molar refractivity (Wildman–Crippen MR) is 40.4 cm³/mol. The van der Waals surface area contributed by atoms with E-state index in [2.05, 4.69) is 32.7 Å². The van der Waals surface area contributed by atoms with Crippen LogP contribution in [0.4, 0.5) is 0 Å². The first-order valence-electron chi connectivity index (χ1n) is 3.83. The molecule has 0 spiro atoms. The van der Waals surface area contributed by atoms with Gasteiger partial charge in [0.25, 0.3) is 0 Å². The Kier molecular flexibility index (Phi) is 1.80. The molecule has 0 saturated carbocycles. The molecule has 1 saturated heterocycles. The highest BCUT2D eigenvalue weighted by atomic mass is 15.2. The minimum absolute atomic E-state index is 0.792. The van der Waals surface area contributed by atoms with E-state index in [0.29, 0.717) is 0 Å². The molecule has 1 heterocycles. The third-order valence-corrected chi connectivity index (χ3v) is 2.93. The van der Waals surface area contributed by atoms with Crippen molar-refractivity contribution in [2.75, 3.05) is 13.6 Å². The third kappa shape index (κ3) is 1.11. The van der Waals surface area contributed by atoms with Crippen LogP contribution in [0.25, 0.3) is 0 Å². The van der Waals surface area contributed by atoms with E-state index >= 15 is 0 Å². The Morgan fingerprint density at radius 3 is 1.89 bits per heavy atom. The largest absolute Gasteiger partial charge is 0.303 e. The number of nitrogens with zero attached hydrogens (tertiary/aromatic N) is 1. The van der Waals surface area contributed by atoms with Crippen molar-refractivity contribution in [3.63, 3.8) is 0 Å². The Balaban J connectivity index is 2.54. The van der Waals surface area contributed by atoms with Crippen LogP contribution in [0.5, 0.6) is 0 Å². The molecule has 1 nitrogen and oxygen atoms in total. The van der Waals surface area contributed by atoms with E-state index in [1.807, 2.05) is 0 Å². The molecule has 0 aromatic rings. The fourth-order valence-corrected chi connectivity index (χ4v) is 1.66. The zero-order valence-corrected chi connectivity index (χ0v) is 6.89. The van der Waals surface area contributed by atoms with Crippen LogP contribution >= 0.6 is 0 Å². The Morgan fingerprint density at radius 1 is 1.22 bits per heavy atom. The molecule has 9 heavy (non-hydrogen) atoms. The summed E-state index contributed by atoms with van der Waals surface area (Å²) in [6, 6.07) is 0.792. The van der Waals surface area contributed by atoms with Gasteiger partial charge in [0.2, 0.25) is 0 Å². The monoisotopic (exact) mass is 127 g/mol. The van der Waals surface area contributed by atoms with Crippen LogP contribution in [0, 0.1) is 11.8 Å². The highest BCUT2D eigenvalue weighted by Crippen LogP contribution is 2.26. The lowest BCUT2D eigenvalue weighted by molar-refractivity contribution is 0.300. The molecule has 3 unspecified atom stereocenters. The second-order valence-corrected chi connectivity index (χ2v) is 3.52. The van der Waals surface area contributed by atoms with Crippen LogP contribution in [0.15, 0.2) is 0 Å². The maximum Gasteiger partial charge on any atom is 0.00926 e. The molecule has 3 atom stereocenters. The first-order chi connectivity index (χ1) is 4.13. The van der Waals surface area contributed by atoms with Crippen LogP contribution in [0.1, 0.15) is 20.8 Å². The molecule has 0 N–H and O–H groups in total. The molecule has 1 aliphatic heterocycles. The van der Waals surface area contributed by atoms with Gasteiger partial charge in [0.1, 0.15) is 0 Å². The molecule has 0 aromatic heterocycles. The van der Waals surface area contributed by atoms with Gasteiger partial charge in [-0.15, -0.1) is 0 Å². The number of rotatable bonds is 0. The number of hydrogen-bond acceptors (Lipinski definition) is 1. The first kappa shape index (κ1) is 7.07. The topological polar surface area (TPSA) is 3.24 Å². The molecular formula is C8H17N. The lowest BCUT2D eigenvalue weighted by Gasteiger charge is -2.16. The summed E-state index contributed by atoms with van der Waals surface area (Å²) in [4.78, 5) is 2.44. The van der Waals surface area contributed by atoms with Gasteiger partial charge in [-0.2, -0.15) is 0 Å². The number of likely N-dealkylation sites (tertiary alicyclic amines) is 1. The van der Waals surface area contributed by atoms with Gasteiger partial charge in [0, 0.05) is 12.6 Å². The first-order valence-corrected chi connectivity index (χ1v) is 3.83. The van der Waals surface area contributed by atoms with Crippen molar-refractivity contribution in [2.45, 2.75) is 26.8 Å². The van der Waals surface area contributed by atoms with Crippen LogP contribution in [-0.4, -0.2) is 24.5 Å². The smallest absolute Gasteiger partial charge is 0.00926 e. The predicted octanol–water partition coefficient (Wildman–Crippen LogP) is 1.59. The van der Waals surface area contributed by atoms with Crippen molar-refractivity contribution in [1.82, 2.24) is 4.90 Å². The molecule has 0 radical (unpaired) electrons. The van der Waals surface area contributed by atoms with Gasteiger partial charge in [-0.25, -0.2) is 0 Å². The van der Waals surface area contributed by atoms with Crippen LogP contribution in [0.3, 0.4) is 0 Å². The van der Waals surface area contributed by atoms with Crippen LogP contribution in [-0.2, 0) is 0 Å². The molecule has 1 fully saturated rings. The van der Waals surface area contributed by atoms with Gasteiger partial charge < -0.3 is 4.90 Å². The summed E-state index contributed by atoms with van der Waals surface area (Å²) in [6.45, 7) is 8.28. The molecule has 54 valence electrons. The Morgan fingerprint density at radius 2 is 1.78 bits per heavy atom. The fraction of sp³-hybridized carbons (Fsp3) is 1.00. The lowest BCUT2D eigenvalue weighted by atomic mass is 9.95. The normalized spacial score (nSPS) is 46.0. The quantitative estimate of drug-likeness (QED) is 0.477. The fourth-order valence-electron chi connectivity index (χ4n) is 1.66. The summed E-state index contributed by atoms with van der Waals surface area (Å²) < 4.78 is 0. The Bertz CT molecular complexity index is 88.7. The van der Waals surface area contributed by atoms with Gasteiger partial charge in [0.05, 0.1) is 0 Å². The van der Waals surface area contributed by atoms with E-state index in [9.17, 15) is 0 Å². The molecular weight excluding hydrogens is 110 g/mol. The van der Waals surface area contributed by atoms with Crippen LogP contribution < -0.4 is 0 Å². The van der Waals surface area contributed by atoms with Crippen molar-refractivity contribution < 1.29 is 0 Å². The summed E-state index contributed by atoms with van der Waals surface area (Å²) in [7, 11) is 2.21. The summed E-state index contributed by atoms with van der Waals surface area (Å²) in [5.41, 5.74) is 0. The Labute approximate surface area is 58.0 Å². The van der Waals surface area contributed by atoms with Gasteiger partial charge in [-0.1, -0.05) is 13.8 Å². The summed E-state index contributed by atoms with van der Waals surface area (Å²) in [5, 5.41) is 0. The lowest BCUT2D eigenvalue weighted by Crippen LogP contribution is -2.24. The molecule has 1 heteroatoms. The van der Waals surface area contributed by atoms with E-state index in [-0.39, 0.29) is 0 Å². The van der Waals surface area contributed by atoms with Crippen LogP contribution in [0.2, 0.25) is 0 Å². The highest BCUT2D eigenvalue weighted by Gasteiger charge is 2.30. The summed E-state index contributed by atoms with van der Waals surface area (Å²) >= 11 is 0. The van der Waals surface area contributed by atoms with E-state index < -0.39 is 0 Å². The maximum atomic E-state index is 2.44. The Hall–Kier alpha value is -0.0400. The van der Waals surface area contributed by atoms with Crippen molar-refractivity contribution in [3.8, 4) is 0 Å². The maximum absolute atomic E-state index is 2.44. The second-order valence-electron chi connectivity index (χ2n) is 3.52. The SMILES string of the molecule is CC1CN(C)C(C)C1C. The summed E-state index contributed by atoms with van der Waals surface area (Å²) in [5.74, 6) is 1.78. The second kappa shape index (κ2) is 2.30. The molecule has 0 amide bonds. The highest BCUT2D eigenvalue weighted by molar-refractivity contribution is 4.83. The van der Waals surface area contributed by atoms with Crippen molar-refractivity contribution in [2.24, 2.45) is 11.8 Å². The minimum atomic E-state index is 0.792. The van der Waals surface area contributed by atoms with Crippen molar-refractivity contribution >= 4 is 0 Å². The van der Waals surface area contributed by atoms with E-state index in [1.54, 1.807) is 0 Å². The van der Waals surface area contributed by atoms with Crippen molar-refractivity contribution in [3.05, 3.63) is 0 Å². The molecule has 0 aromatic carbocycles. The average Bonchev–Trinajstić information content (AvgIpc) is 1.98.